The Bertz CT molecular complexity index is 93.2. The van der Waals surface area contributed by atoms with Crippen LogP contribution in [-0.2, 0) is 26.5 Å². The molecule has 4 N–H and O–H groups in total. The molecule has 0 heterocycles. The van der Waals surface area contributed by atoms with Crippen molar-refractivity contribution >= 4 is 0 Å². The van der Waals surface area contributed by atoms with Gasteiger partial charge in [0, 0.05) is 28.3 Å². The van der Waals surface area contributed by atoms with E-state index < -0.39 is 6.10 Å². The fraction of sp³-hybridized carbons (Fsp3) is 0.750. The molecule has 7 heteroatoms. The molecule has 0 aromatic rings. The Morgan fingerprint density at radius 3 is 2.07 bits per heavy atom. The van der Waals surface area contributed by atoms with Crippen LogP contribution in [0, 0.1) is 0 Å². The second-order valence-electron chi connectivity index (χ2n) is 2.24. The van der Waals surface area contributed by atoms with Crippen molar-refractivity contribution in [3.8, 4) is 0 Å². The van der Waals surface area contributed by atoms with Gasteiger partial charge in [-0.05, 0) is 0 Å². The Morgan fingerprint density at radius 2 is 1.73 bits per heavy atom. The topological polar surface area (TPSA) is 152 Å². The first-order valence-corrected chi connectivity index (χ1v) is 3.65. The summed E-state index contributed by atoms with van der Waals surface area (Å²) in [6.07, 6.45) is 2.74. The third-order valence-corrected chi connectivity index (χ3v) is 1.15. The predicted octanol–water partition coefficient (Wildman–Crippen LogP) is 0.00830. The third kappa shape index (κ3) is 31.4. The molecule has 0 aliphatic carbocycles. The molecule has 0 spiro atoms. The average molecular weight is 259 g/mol. The van der Waals surface area contributed by atoms with Gasteiger partial charge in [-0.25, -0.2) is 0 Å². The van der Waals surface area contributed by atoms with Crippen LogP contribution >= 0.6 is 0 Å². The molecule has 0 saturated carbocycles. The van der Waals surface area contributed by atoms with Crippen molar-refractivity contribution in [1.29, 1.82) is 0 Å². The zero-order chi connectivity index (χ0) is 7.82. The van der Waals surface area contributed by atoms with E-state index in [4.69, 9.17) is 4.74 Å². The summed E-state index contributed by atoms with van der Waals surface area (Å²) in [5.41, 5.74) is 0. The molecule has 96 valence electrons. The SMILES string of the molecule is C=CCOCC([O-])CCC.[OH-].[OH-].[OH-].[OH-].[Ti]. The Morgan fingerprint density at radius 1 is 1.27 bits per heavy atom. The Labute approximate surface area is 105 Å². The van der Waals surface area contributed by atoms with Crippen LogP contribution in [0.2, 0.25) is 0 Å². The molecule has 0 aromatic heterocycles. The van der Waals surface area contributed by atoms with Crippen molar-refractivity contribution < 1.29 is 53.5 Å². The molecule has 0 bridgehead atoms. The fourth-order valence-electron chi connectivity index (χ4n) is 0.688. The summed E-state index contributed by atoms with van der Waals surface area (Å²) in [5, 5.41) is 10.8. The first kappa shape index (κ1) is 36.2. The number of ether oxygens (including phenoxy) is 1. The van der Waals surface area contributed by atoms with Crippen LogP contribution in [0.1, 0.15) is 19.8 Å². The van der Waals surface area contributed by atoms with Gasteiger partial charge in [0.1, 0.15) is 0 Å². The molecule has 0 radical (unpaired) electrons. The van der Waals surface area contributed by atoms with Crippen LogP contribution < -0.4 is 5.11 Å². The van der Waals surface area contributed by atoms with Crippen LogP contribution in [-0.4, -0.2) is 41.2 Å². The molecule has 1 unspecified atom stereocenters. The summed E-state index contributed by atoms with van der Waals surface area (Å²) in [6.45, 7) is 6.28. The normalized spacial score (nSPS) is 8.67. The molecule has 0 amide bonds. The van der Waals surface area contributed by atoms with E-state index in [0.29, 0.717) is 19.6 Å². The van der Waals surface area contributed by atoms with E-state index in [1.807, 2.05) is 6.92 Å². The third-order valence-electron chi connectivity index (χ3n) is 1.15. The van der Waals surface area contributed by atoms with E-state index in [1.54, 1.807) is 6.08 Å². The Hall–Kier alpha value is 0.214. The van der Waals surface area contributed by atoms with Gasteiger partial charge in [0.2, 0.25) is 0 Å². The van der Waals surface area contributed by atoms with E-state index in [-0.39, 0.29) is 43.6 Å². The average Bonchev–Trinajstić information content (AvgIpc) is 1.89. The van der Waals surface area contributed by atoms with E-state index in [0.717, 1.165) is 6.42 Å². The zero-order valence-electron chi connectivity index (χ0n) is 8.80. The minimum absolute atomic E-state index is 0. The molecule has 0 aliphatic rings. The molecule has 6 nitrogen and oxygen atoms in total. The second kappa shape index (κ2) is 29.2. The minimum atomic E-state index is -0.551. The van der Waals surface area contributed by atoms with Gasteiger partial charge < -0.3 is 31.7 Å². The van der Waals surface area contributed by atoms with Crippen molar-refractivity contribution in [2.45, 2.75) is 25.9 Å². The second-order valence-corrected chi connectivity index (χ2v) is 2.24. The maximum atomic E-state index is 10.8. The van der Waals surface area contributed by atoms with Crippen molar-refractivity contribution in [2.75, 3.05) is 13.2 Å². The van der Waals surface area contributed by atoms with Gasteiger partial charge in [-0.3, -0.25) is 0 Å². The molecular formula is C8H19O6Ti-5. The fourth-order valence-corrected chi connectivity index (χ4v) is 0.688. The molecule has 0 rings (SSSR count). The summed E-state index contributed by atoms with van der Waals surface area (Å²) >= 11 is 0. The van der Waals surface area contributed by atoms with Crippen molar-refractivity contribution in [1.82, 2.24) is 0 Å². The molecular weight excluding hydrogens is 240 g/mol. The number of hydrogen-bond donors (Lipinski definition) is 0. The summed E-state index contributed by atoms with van der Waals surface area (Å²) in [4.78, 5) is 0. The first-order valence-electron chi connectivity index (χ1n) is 3.65. The van der Waals surface area contributed by atoms with E-state index >= 15 is 0 Å². The van der Waals surface area contributed by atoms with Gasteiger partial charge >= 0.3 is 0 Å². The Balaban J connectivity index is -0.0000000405. The monoisotopic (exact) mass is 259 g/mol. The zero-order valence-corrected chi connectivity index (χ0v) is 10.4. The molecule has 0 fully saturated rings. The molecule has 0 aliphatic heterocycles. The van der Waals surface area contributed by atoms with Crippen molar-refractivity contribution in [3.05, 3.63) is 12.7 Å². The van der Waals surface area contributed by atoms with E-state index in [2.05, 4.69) is 6.58 Å². The molecule has 1 atom stereocenters. The van der Waals surface area contributed by atoms with E-state index in [9.17, 15) is 5.11 Å². The van der Waals surface area contributed by atoms with E-state index in [1.165, 1.54) is 0 Å². The van der Waals surface area contributed by atoms with Gasteiger partial charge in [-0.2, -0.15) is 0 Å². The van der Waals surface area contributed by atoms with Crippen LogP contribution in [0.4, 0.5) is 0 Å². The summed E-state index contributed by atoms with van der Waals surface area (Å²) < 4.78 is 4.97. The van der Waals surface area contributed by atoms with Crippen LogP contribution in [0.5, 0.6) is 0 Å². The maximum Gasteiger partial charge on any atom is 0.0644 e. The number of hydrogen-bond acceptors (Lipinski definition) is 6. The smallest absolute Gasteiger partial charge is 0.0644 e. The summed E-state index contributed by atoms with van der Waals surface area (Å²) in [5.74, 6) is 0. The maximum absolute atomic E-state index is 10.8. The van der Waals surface area contributed by atoms with Crippen molar-refractivity contribution in [2.24, 2.45) is 0 Å². The van der Waals surface area contributed by atoms with Crippen molar-refractivity contribution in [3.63, 3.8) is 0 Å². The predicted molar refractivity (Wildman–Crippen MR) is 47.5 cm³/mol. The molecule has 0 saturated heterocycles. The van der Waals surface area contributed by atoms with Gasteiger partial charge in [0.05, 0.1) is 6.61 Å². The molecule has 0 aromatic carbocycles. The van der Waals surface area contributed by atoms with Crippen LogP contribution in [0.3, 0.4) is 0 Å². The first-order chi connectivity index (χ1) is 4.81. The standard InChI is InChI=1S/C8H15O2.4H2O.Ti/c1-3-5-8(9)7-10-6-4-2;;;;;/h4,8H,2-3,5-7H2,1H3;4*1H2;/q-1;;;;;/p-4. The quantitative estimate of drug-likeness (QED) is 0.372. The van der Waals surface area contributed by atoms with Crippen LogP contribution in [0.15, 0.2) is 12.7 Å². The van der Waals surface area contributed by atoms with Gasteiger partial charge in [0.15, 0.2) is 0 Å². The largest absolute Gasteiger partial charge is 0.870 e. The summed E-state index contributed by atoms with van der Waals surface area (Å²) in [6, 6.07) is 0. The van der Waals surface area contributed by atoms with Gasteiger partial charge in [0.25, 0.3) is 0 Å². The minimum Gasteiger partial charge on any atom is -0.870 e. The summed E-state index contributed by atoms with van der Waals surface area (Å²) in [7, 11) is 0. The Kier molecular flexibility index (Phi) is 70.6. The van der Waals surface area contributed by atoms with Gasteiger partial charge in [-0.15, -0.1) is 12.7 Å². The molecule has 15 heavy (non-hydrogen) atoms. The van der Waals surface area contributed by atoms with Crippen LogP contribution in [0.25, 0.3) is 0 Å². The number of rotatable bonds is 6. The van der Waals surface area contributed by atoms with Gasteiger partial charge in [-0.1, -0.05) is 25.8 Å².